The average molecular weight is 398 g/mol. The summed E-state index contributed by atoms with van der Waals surface area (Å²) in [6.07, 6.45) is 2.60. The summed E-state index contributed by atoms with van der Waals surface area (Å²) < 4.78 is 42.0. The monoisotopic (exact) mass is 398 g/mol. The number of amides is 1. The molecule has 1 amide bonds. The van der Waals surface area contributed by atoms with E-state index < -0.39 is 10.0 Å². The van der Waals surface area contributed by atoms with E-state index in [0.29, 0.717) is 56.2 Å². The van der Waals surface area contributed by atoms with E-state index in [4.69, 9.17) is 14.2 Å². The zero-order valence-electron chi connectivity index (χ0n) is 15.9. The number of rotatable bonds is 6. The summed E-state index contributed by atoms with van der Waals surface area (Å²) in [5.74, 6) is 0.867. The summed E-state index contributed by atoms with van der Waals surface area (Å²) in [6, 6.07) is 4.77. The number of benzene rings is 1. The molecule has 150 valence electrons. The van der Waals surface area contributed by atoms with Gasteiger partial charge in [0.25, 0.3) is 5.91 Å². The molecule has 0 aromatic heterocycles. The van der Waals surface area contributed by atoms with Crippen molar-refractivity contribution in [1.82, 2.24) is 9.21 Å². The van der Waals surface area contributed by atoms with Crippen LogP contribution in [-0.2, 0) is 14.8 Å². The molecule has 0 saturated carbocycles. The molecule has 8 nitrogen and oxygen atoms in total. The molecule has 2 aliphatic heterocycles. The van der Waals surface area contributed by atoms with Crippen LogP contribution in [0.3, 0.4) is 0 Å². The molecule has 2 heterocycles. The lowest BCUT2D eigenvalue weighted by molar-refractivity contribution is 0.0124. The fourth-order valence-electron chi connectivity index (χ4n) is 3.71. The van der Waals surface area contributed by atoms with Crippen LogP contribution in [0, 0.1) is 0 Å². The minimum atomic E-state index is -3.36. The highest BCUT2D eigenvalue weighted by molar-refractivity contribution is 7.88. The second-order valence-electron chi connectivity index (χ2n) is 6.87. The van der Waals surface area contributed by atoms with Gasteiger partial charge in [-0.2, -0.15) is 4.31 Å². The standard InChI is InChI=1S/C18H26N2O6S/c1-24-15-4-5-16(17(10-15)25-2)18(21)19-11-14(12-19)20(27(3,22)23)13-6-8-26-9-7-13/h4-5,10,13-14H,6-9,11-12H2,1-3H3. The van der Waals surface area contributed by atoms with Crippen LogP contribution in [0.4, 0.5) is 0 Å². The summed E-state index contributed by atoms with van der Waals surface area (Å²) in [6.45, 7) is 1.88. The molecule has 2 fully saturated rings. The van der Waals surface area contributed by atoms with Gasteiger partial charge in [0.2, 0.25) is 10.0 Å². The van der Waals surface area contributed by atoms with Gasteiger partial charge in [0.1, 0.15) is 11.5 Å². The molecule has 0 bridgehead atoms. The van der Waals surface area contributed by atoms with Crippen LogP contribution in [0.25, 0.3) is 0 Å². The Kier molecular flexibility index (Phi) is 5.92. The zero-order chi connectivity index (χ0) is 19.6. The number of hydrogen-bond acceptors (Lipinski definition) is 6. The number of carbonyl (C=O) groups excluding carboxylic acids is 1. The molecule has 3 rings (SSSR count). The van der Waals surface area contributed by atoms with Gasteiger partial charge in [-0.3, -0.25) is 4.79 Å². The first-order chi connectivity index (χ1) is 12.8. The number of methoxy groups -OCH3 is 2. The molecule has 1 aromatic carbocycles. The van der Waals surface area contributed by atoms with Crippen molar-refractivity contribution in [2.75, 3.05) is 46.8 Å². The number of ether oxygens (including phenoxy) is 3. The van der Waals surface area contributed by atoms with E-state index in [-0.39, 0.29) is 18.0 Å². The van der Waals surface area contributed by atoms with E-state index >= 15 is 0 Å². The molecule has 2 aliphatic rings. The molecule has 9 heteroatoms. The van der Waals surface area contributed by atoms with Crippen molar-refractivity contribution in [3.63, 3.8) is 0 Å². The normalized spacial score (nSPS) is 19.0. The van der Waals surface area contributed by atoms with Gasteiger partial charge < -0.3 is 19.1 Å². The van der Waals surface area contributed by atoms with Crippen LogP contribution >= 0.6 is 0 Å². The van der Waals surface area contributed by atoms with E-state index in [1.165, 1.54) is 13.4 Å². The number of sulfonamides is 1. The second kappa shape index (κ2) is 8.04. The lowest BCUT2D eigenvalue weighted by Crippen LogP contribution is -2.64. The average Bonchev–Trinajstić information content (AvgIpc) is 2.62. The Balaban J connectivity index is 1.71. The van der Waals surface area contributed by atoms with Gasteiger partial charge in [-0.05, 0) is 25.0 Å². The van der Waals surface area contributed by atoms with Crippen molar-refractivity contribution in [2.45, 2.75) is 24.9 Å². The number of likely N-dealkylation sites (tertiary alicyclic amines) is 1. The molecule has 1 aromatic rings. The Bertz CT molecular complexity index is 785. The fraction of sp³-hybridized carbons (Fsp3) is 0.611. The lowest BCUT2D eigenvalue weighted by atomic mass is 10.0. The molecular formula is C18H26N2O6S. The molecule has 0 radical (unpaired) electrons. The maximum absolute atomic E-state index is 12.8. The van der Waals surface area contributed by atoms with Gasteiger partial charge in [-0.1, -0.05) is 0 Å². The SMILES string of the molecule is COc1ccc(C(=O)N2CC(N(C3CCOCC3)S(C)(=O)=O)C2)c(OC)c1. The summed E-state index contributed by atoms with van der Waals surface area (Å²) in [5.41, 5.74) is 0.439. The largest absolute Gasteiger partial charge is 0.497 e. The summed E-state index contributed by atoms with van der Waals surface area (Å²) in [5, 5.41) is 0. The quantitative estimate of drug-likeness (QED) is 0.710. The third kappa shape index (κ3) is 4.20. The molecular weight excluding hydrogens is 372 g/mol. The van der Waals surface area contributed by atoms with E-state index in [2.05, 4.69) is 0 Å². The van der Waals surface area contributed by atoms with Crippen molar-refractivity contribution in [3.05, 3.63) is 23.8 Å². The first-order valence-electron chi connectivity index (χ1n) is 8.92. The van der Waals surface area contributed by atoms with Crippen LogP contribution in [-0.4, -0.2) is 82.4 Å². The van der Waals surface area contributed by atoms with E-state index in [9.17, 15) is 13.2 Å². The van der Waals surface area contributed by atoms with E-state index in [1.54, 1.807) is 34.5 Å². The van der Waals surface area contributed by atoms with Crippen molar-refractivity contribution >= 4 is 15.9 Å². The van der Waals surface area contributed by atoms with Gasteiger partial charge in [-0.15, -0.1) is 0 Å². The van der Waals surface area contributed by atoms with Crippen molar-refractivity contribution < 1.29 is 27.4 Å². The van der Waals surface area contributed by atoms with E-state index in [1.807, 2.05) is 0 Å². The summed E-state index contributed by atoms with van der Waals surface area (Å²) in [7, 11) is -0.313. The van der Waals surface area contributed by atoms with Gasteiger partial charge in [0.05, 0.1) is 32.1 Å². The van der Waals surface area contributed by atoms with E-state index in [0.717, 1.165) is 0 Å². The Morgan fingerprint density at radius 1 is 1.15 bits per heavy atom. The Labute approximate surface area is 160 Å². The summed E-state index contributed by atoms with van der Waals surface area (Å²) in [4.78, 5) is 14.5. The van der Waals surface area contributed by atoms with Crippen LogP contribution in [0.15, 0.2) is 18.2 Å². The number of hydrogen-bond donors (Lipinski definition) is 0. The predicted molar refractivity (Wildman–Crippen MR) is 99.8 cm³/mol. The first kappa shape index (κ1) is 19.9. The zero-order valence-corrected chi connectivity index (χ0v) is 16.7. The third-order valence-electron chi connectivity index (χ3n) is 5.08. The maximum atomic E-state index is 12.8. The minimum absolute atomic E-state index is 0.0634. The second-order valence-corrected chi connectivity index (χ2v) is 8.75. The predicted octanol–water partition coefficient (Wildman–Crippen LogP) is 0.969. The molecule has 27 heavy (non-hydrogen) atoms. The highest BCUT2D eigenvalue weighted by Crippen LogP contribution is 2.30. The molecule has 0 aliphatic carbocycles. The van der Waals surface area contributed by atoms with Crippen molar-refractivity contribution in [2.24, 2.45) is 0 Å². The van der Waals surface area contributed by atoms with Gasteiger partial charge >= 0.3 is 0 Å². The molecule has 0 spiro atoms. The number of carbonyl (C=O) groups is 1. The van der Waals surface area contributed by atoms with Crippen molar-refractivity contribution in [1.29, 1.82) is 0 Å². The Morgan fingerprint density at radius 3 is 2.37 bits per heavy atom. The van der Waals surface area contributed by atoms with Crippen molar-refractivity contribution in [3.8, 4) is 11.5 Å². The fourth-order valence-corrected chi connectivity index (χ4v) is 5.13. The van der Waals surface area contributed by atoms with Gasteiger partial charge in [0, 0.05) is 38.4 Å². The summed E-state index contributed by atoms with van der Waals surface area (Å²) >= 11 is 0. The highest BCUT2D eigenvalue weighted by Gasteiger charge is 2.43. The number of nitrogens with zero attached hydrogens (tertiary/aromatic N) is 2. The highest BCUT2D eigenvalue weighted by atomic mass is 32.2. The molecule has 2 saturated heterocycles. The lowest BCUT2D eigenvalue weighted by Gasteiger charge is -2.47. The smallest absolute Gasteiger partial charge is 0.257 e. The van der Waals surface area contributed by atoms with Gasteiger partial charge in [0.15, 0.2) is 0 Å². The molecule has 0 atom stereocenters. The van der Waals surface area contributed by atoms with Crippen LogP contribution in [0.1, 0.15) is 23.2 Å². The Morgan fingerprint density at radius 2 is 1.81 bits per heavy atom. The first-order valence-corrected chi connectivity index (χ1v) is 10.8. The van der Waals surface area contributed by atoms with Crippen LogP contribution < -0.4 is 9.47 Å². The van der Waals surface area contributed by atoms with Crippen LogP contribution in [0.5, 0.6) is 11.5 Å². The van der Waals surface area contributed by atoms with Crippen LogP contribution in [0.2, 0.25) is 0 Å². The van der Waals surface area contributed by atoms with Gasteiger partial charge in [-0.25, -0.2) is 8.42 Å². The maximum Gasteiger partial charge on any atom is 0.257 e. The Hall–Kier alpha value is -1.84. The third-order valence-corrected chi connectivity index (χ3v) is 6.44. The molecule has 0 unspecified atom stereocenters. The topological polar surface area (TPSA) is 85.4 Å². The minimum Gasteiger partial charge on any atom is -0.497 e. The molecule has 0 N–H and O–H groups in total.